The van der Waals surface area contributed by atoms with Gasteiger partial charge in [-0.1, -0.05) is 11.8 Å². The summed E-state index contributed by atoms with van der Waals surface area (Å²) in [6.07, 6.45) is 1.55. The lowest BCUT2D eigenvalue weighted by atomic mass is 10.2. The molecule has 1 saturated heterocycles. The average Bonchev–Trinajstić information content (AvgIpc) is 2.88. The molecule has 4 rings (SSSR count). The number of carbonyl (C=O) groups is 1. The Morgan fingerprint density at radius 2 is 1.76 bits per heavy atom. The van der Waals surface area contributed by atoms with E-state index in [4.69, 9.17) is 10.00 Å². The summed E-state index contributed by atoms with van der Waals surface area (Å²) in [5.74, 6) is 1.84. The standard InChI is InChI=1S/C24H24N6O2S/c1-32-21-8-6-20(7-9-21)29-10-12-30(13-11-29)22-14-24(27-17-26-22)33-16-23(31)28-19-4-2-18(15-25)3-5-19/h2-9,14,17H,10-13,16H2,1H3,(H,28,31). The van der Waals surface area contributed by atoms with Crippen molar-refractivity contribution in [3.05, 3.63) is 66.5 Å². The lowest BCUT2D eigenvalue weighted by Gasteiger charge is -2.36. The molecule has 0 radical (unpaired) electrons. The van der Waals surface area contributed by atoms with Gasteiger partial charge in [-0.3, -0.25) is 4.79 Å². The molecule has 0 saturated carbocycles. The Morgan fingerprint density at radius 1 is 1.06 bits per heavy atom. The van der Waals surface area contributed by atoms with E-state index in [1.165, 1.54) is 17.4 Å². The van der Waals surface area contributed by atoms with Crippen molar-refractivity contribution in [1.29, 1.82) is 5.26 Å². The zero-order valence-corrected chi connectivity index (χ0v) is 19.1. The van der Waals surface area contributed by atoms with Gasteiger partial charge in [0.15, 0.2) is 0 Å². The summed E-state index contributed by atoms with van der Waals surface area (Å²) in [5.41, 5.74) is 2.40. The second-order valence-corrected chi connectivity index (χ2v) is 8.41. The molecule has 1 N–H and O–H groups in total. The van der Waals surface area contributed by atoms with Crippen LogP contribution in [0.15, 0.2) is 66.0 Å². The van der Waals surface area contributed by atoms with Gasteiger partial charge in [-0.05, 0) is 48.5 Å². The highest BCUT2D eigenvalue weighted by molar-refractivity contribution is 7.99. The van der Waals surface area contributed by atoms with E-state index in [1.54, 1.807) is 37.7 Å². The molecule has 8 nitrogen and oxygen atoms in total. The number of ether oxygens (including phenoxy) is 1. The Labute approximate surface area is 197 Å². The second kappa shape index (κ2) is 10.7. The van der Waals surface area contributed by atoms with Crippen LogP contribution >= 0.6 is 11.8 Å². The van der Waals surface area contributed by atoms with Gasteiger partial charge in [0.2, 0.25) is 5.91 Å². The number of thioether (sulfide) groups is 1. The van der Waals surface area contributed by atoms with E-state index in [0.717, 1.165) is 42.8 Å². The monoisotopic (exact) mass is 460 g/mol. The van der Waals surface area contributed by atoms with Gasteiger partial charge in [0, 0.05) is 43.6 Å². The van der Waals surface area contributed by atoms with Crippen molar-refractivity contribution in [3.63, 3.8) is 0 Å². The number of nitrogens with one attached hydrogen (secondary N) is 1. The summed E-state index contributed by atoms with van der Waals surface area (Å²) in [4.78, 5) is 25.6. The molecule has 3 aromatic rings. The number of piperazine rings is 1. The lowest BCUT2D eigenvalue weighted by Crippen LogP contribution is -2.46. The summed E-state index contributed by atoms with van der Waals surface area (Å²) in [5, 5.41) is 12.4. The van der Waals surface area contributed by atoms with Crippen molar-refractivity contribution in [2.75, 3.05) is 54.2 Å². The van der Waals surface area contributed by atoms with Crippen molar-refractivity contribution in [2.45, 2.75) is 5.03 Å². The third-order valence-corrected chi connectivity index (χ3v) is 6.24. The van der Waals surface area contributed by atoms with Gasteiger partial charge >= 0.3 is 0 Å². The molecule has 2 aromatic carbocycles. The summed E-state index contributed by atoms with van der Waals surface area (Å²) in [7, 11) is 1.67. The molecular weight excluding hydrogens is 436 g/mol. The van der Waals surface area contributed by atoms with Crippen LogP contribution in [-0.2, 0) is 4.79 Å². The predicted molar refractivity (Wildman–Crippen MR) is 130 cm³/mol. The Bertz CT molecular complexity index is 1120. The van der Waals surface area contributed by atoms with Crippen molar-refractivity contribution in [2.24, 2.45) is 0 Å². The number of anilines is 3. The fourth-order valence-electron chi connectivity index (χ4n) is 3.53. The Balaban J connectivity index is 1.28. The second-order valence-electron chi connectivity index (χ2n) is 7.41. The van der Waals surface area contributed by atoms with E-state index < -0.39 is 0 Å². The van der Waals surface area contributed by atoms with Crippen LogP contribution in [0.2, 0.25) is 0 Å². The number of hydrogen-bond donors (Lipinski definition) is 1. The van der Waals surface area contributed by atoms with E-state index in [-0.39, 0.29) is 11.7 Å². The van der Waals surface area contributed by atoms with E-state index in [0.29, 0.717) is 11.3 Å². The first-order chi connectivity index (χ1) is 16.1. The van der Waals surface area contributed by atoms with Crippen LogP contribution in [-0.4, -0.2) is 54.9 Å². The normalized spacial score (nSPS) is 13.3. The zero-order valence-electron chi connectivity index (χ0n) is 18.3. The Kier molecular flexibility index (Phi) is 7.27. The molecule has 9 heteroatoms. The SMILES string of the molecule is COc1ccc(N2CCN(c3cc(SCC(=O)Nc4ccc(C#N)cc4)ncn3)CC2)cc1. The fourth-order valence-corrected chi connectivity index (χ4v) is 4.19. The molecule has 1 fully saturated rings. The van der Waals surface area contributed by atoms with Gasteiger partial charge in [0.05, 0.1) is 24.5 Å². The number of methoxy groups -OCH3 is 1. The maximum atomic E-state index is 12.3. The van der Waals surface area contributed by atoms with Gasteiger partial charge in [0.1, 0.15) is 22.9 Å². The van der Waals surface area contributed by atoms with Crippen LogP contribution in [0.5, 0.6) is 5.75 Å². The molecule has 1 amide bonds. The van der Waals surface area contributed by atoms with Crippen LogP contribution < -0.4 is 19.9 Å². The highest BCUT2D eigenvalue weighted by atomic mass is 32.2. The van der Waals surface area contributed by atoms with E-state index in [9.17, 15) is 4.79 Å². The third kappa shape index (κ3) is 5.93. The van der Waals surface area contributed by atoms with Gasteiger partial charge in [-0.25, -0.2) is 9.97 Å². The number of carbonyl (C=O) groups excluding carboxylic acids is 1. The van der Waals surface area contributed by atoms with Crippen molar-refractivity contribution in [1.82, 2.24) is 9.97 Å². The number of benzene rings is 2. The highest BCUT2D eigenvalue weighted by Gasteiger charge is 2.19. The first-order valence-corrected chi connectivity index (χ1v) is 11.5. The number of hydrogen-bond acceptors (Lipinski definition) is 8. The van der Waals surface area contributed by atoms with Crippen LogP contribution in [0.1, 0.15) is 5.56 Å². The summed E-state index contributed by atoms with van der Waals surface area (Å²) in [6, 6.07) is 18.9. The van der Waals surface area contributed by atoms with Gasteiger partial charge in [-0.15, -0.1) is 0 Å². The molecule has 168 valence electrons. The van der Waals surface area contributed by atoms with Gasteiger partial charge < -0.3 is 19.9 Å². The topological polar surface area (TPSA) is 94.4 Å². The van der Waals surface area contributed by atoms with Crippen LogP contribution in [0, 0.1) is 11.3 Å². The third-order valence-electron chi connectivity index (χ3n) is 5.32. The minimum absolute atomic E-state index is 0.127. The molecule has 1 aliphatic heterocycles. The van der Waals surface area contributed by atoms with Crippen molar-refractivity contribution < 1.29 is 9.53 Å². The summed E-state index contributed by atoms with van der Waals surface area (Å²) < 4.78 is 5.24. The minimum atomic E-state index is -0.127. The van der Waals surface area contributed by atoms with Gasteiger partial charge in [-0.2, -0.15) is 5.26 Å². The quantitative estimate of drug-likeness (QED) is 0.423. The maximum Gasteiger partial charge on any atom is 0.234 e. The first-order valence-electron chi connectivity index (χ1n) is 10.5. The Morgan fingerprint density at radius 3 is 2.42 bits per heavy atom. The molecule has 0 atom stereocenters. The molecule has 0 bridgehead atoms. The largest absolute Gasteiger partial charge is 0.497 e. The number of nitrogens with zero attached hydrogens (tertiary/aromatic N) is 5. The maximum absolute atomic E-state index is 12.3. The molecule has 1 aliphatic rings. The molecule has 2 heterocycles. The molecular formula is C24H24N6O2S. The molecule has 0 unspecified atom stereocenters. The van der Waals surface area contributed by atoms with Crippen molar-refractivity contribution >= 4 is 34.9 Å². The van der Waals surface area contributed by atoms with Crippen LogP contribution in [0.25, 0.3) is 0 Å². The molecule has 0 spiro atoms. The predicted octanol–water partition coefficient (Wildman–Crippen LogP) is 3.41. The minimum Gasteiger partial charge on any atom is -0.497 e. The summed E-state index contributed by atoms with van der Waals surface area (Å²) in [6.45, 7) is 3.50. The van der Waals surface area contributed by atoms with Gasteiger partial charge in [0.25, 0.3) is 0 Å². The zero-order chi connectivity index (χ0) is 23.0. The number of rotatable bonds is 7. The number of amides is 1. The van der Waals surface area contributed by atoms with E-state index in [2.05, 4.69) is 43.3 Å². The number of aromatic nitrogens is 2. The summed E-state index contributed by atoms with van der Waals surface area (Å²) >= 11 is 1.37. The molecule has 33 heavy (non-hydrogen) atoms. The Hall–Kier alpha value is -3.77. The van der Waals surface area contributed by atoms with E-state index in [1.807, 2.05) is 18.2 Å². The van der Waals surface area contributed by atoms with Crippen molar-refractivity contribution in [3.8, 4) is 11.8 Å². The first kappa shape index (κ1) is 22.4. The number of nitriles is 1. The molecule has 1 aromatic heterocycles. The lowest BCUT2D eigenvalue weighted by molar-refractivity contribution is -0.113. The van der Waals surface area contributed by atoms with Crippen LogP contribution in [0.3, 0.4) is 0 Å². The highest BCUT2D eigenvalue weighted by Crippen LogP contribution is 2.24. The smallest absolute Gasteiger partial charge is 0.234 e. The average molecular weight is 461 g/mol. The fraction of sp³-hybridized carbons (Fsp3) is 0.250. The van der Waals surface area contributed by atoms with Crippen LogP contribution in [0.4, 0.5) is 17.2 Å². The molecule has 0 aliphatic carbocycles. The van der Waals surface area contributed by atoms with E-state index >= 15 is 0 Å².